The van der Waals surface area contributed by atoms with Gasteiger partial charge < -0.3 is 10.6 Å². The molecule has 142 valence electrons. The van der Waals surface area contributed by atoms with E-state index in [0.717, 1.165) is 22.9 Å². The van der Waals surface area contributed by atoms with Gasteiger partial charge in [0.05, 0.1) is 5.56 Å². The van der Waals surface area contributed by atoms with Crippen LogP contribution in [0.15, 0.2) is 60.0 Å². The number of carbonyl (C=O) groups is 1. The lowest BCUT2D eigenvalue weighted by Crippen LogP contribution is -2.24. The minimum Gasteiger partial charge on any atom is -0.380 e. The van der Waals surface area contributed by atoms with Gasteiger partial charge in [0, 0.05) is 30.4 Å². The first-order chi connectivity index (χ1) is 12.9. The van der Waals surface area contributed by atoms with Crippen molar-refractivity contribution in [2.24, 2.45) is 0 Å². The van der Waals surface area contributed by atoms with Crippen LogP contribution in [0, 0.1) is 0 Å². The van der Waals surface area contributed by atoms with Crippen molar-refractivity contribution in [3.8, 4) is 0 Å². The molecule has 1 amide bonds. The first-order valence-corrected chi connectivity index (χ1v) is 10.9. The molecule has 0 heterocycles. The molecule has 0 aliphatic heterocycles. The quantitative estimate of drug-likeness (QED) is 0.731. The van der Waals surface area contributed by atoms with Crippen LogP contribution in [0.5, 0.6) is 0 Å². The van der Waals surface area contributed by atoms with Crippen molar-refractivity contribution in [1.82, 2.24) is 5.32 Å². The number of rotatable bonds is 8. The molecule has 1 aliphatic carbocycles. The van der Waals surface area contributed by atoms with Crippen molar-refractivity contribution in [3.05, 3.63) is 76.7 Å². The minimum atomic E-state index is -3.19. The maximum Gasteiger partial charge on any atom is 0.253 e. The molecular weight excluding hydrogens is 360 g/mol. The van der Waals surface area contributed by atoms with Crippen molar-refractivity contribution in [3.63, 3.8) is 0 Å². The molecule has 0 saturated heterocycles. The number of sulfone groups is 1. The molecule has 0 spiro atoms. The molecule has 0 bridgehead atoms. The first-order valence-electron chi connectivity index (χ1n) is 8.99. The Balaban J connectivity index is 1.72. The molecule has 1 aliphatic rings. The predicted molar refractivity (Wildman–Crippen MR) is 109 cm³/mol. The molecule has 3 rings (SSSR count). The van der Waals surface area contributed by atoms with Crippen LogP contribution in [0.4, 0.5) is 5.69 Å². The summed E-state index contributed by atoms with van der Waals surface area (Å²) in [7, 11) is -3.19. The van der Waals surface area contributed by atoms with Gasteiger partial charge in [0.15, 0.2) is 9.84 Å². The molecule has 0 unspecified atom stereocenters. The Hall–Kier alpha value is -2.60. The second-order valence-electron chi connectivity index (χ2n) is 6.83. The fourth-order valence-corrected chi connectivity index (χ4v) is 3.29. The SMILES string of the molecule is CS(=O)(=O)/C=C/CNC(=O)c1ccc(C2CC2)cc1NCc1ccccc1. The van der Waals surface area contributed by atoms with Crippen LogP contribution in [0.1, 0.15) is 40.2 Å². The third-order valence-corrected chi connectivity index (χ3v) is 5.07. The average Bonchev–Trinajstić information content (AvgIpc) is 3.48. The molecule has 1 saturated carbocycles. The number of hydrogen-bond donors (Lipinski definition) is 2. The average molecular weight is 385 g/mol. The summed E-state index contributed by atoms with van der Waals surface area (Å²) in [6.07, 6.45) is 4.94. The maximum atomic E-state index is 12.6. The zero-order valence-electron chi connectivity index (χ0n) is 15.3. The van der Waals surface area contributed by atoms with Crippen molar-refractivity contribution in [2.75, 3.05) is 18.1 Å². The van der Waals surface area contributed by atoms with E-state index in [9.17, 15) is 13.2 Å². The van der Waals surface area contributed by atoms with E-state index in [-0.39, 0.29) is 12.5 Å². The highest BCUT2D eigenvalue weighted by atomic mass is 32.2. The Morgan fingerprint density at radius 1 is 1.15 bits per heavy atom. The van der Waals surface area contributed by atoms with E-state index in [1.54, 1.807) is 0 Å². The lowest BCUT2D eigenvalue weighted by molar-refractivity contribution is 0.0958. The van der Waals surface area contributed by atoms with Gasteiger partial charge in [-0.05, 0) is 42.0 Å². The fraction of sp³-hybridized carbons (Fsp3) is 0.286. The molecule has 2 N–H and O–H groups in total. The highest BCUT2D eigenvalue weighted by Gasteiger charge is 2.24. The van der Waals surface area contributed by atoms with Gasteiger partial charge in [-0.25, -0.2) is 8.42 Å². The van der Waals surface area contributed by atoms with Crippen molar-refractivity contribution >= 4 is 21.4 Å². The van der Waals surface area contributed by atoms with Gasteiger partial charge in [-0.3, -0.25) is 4.79 Å². The Bertz CT molecular complexity index is 933. The molecular formula is C21H24N2O3S. The van der Waals surface area contributed by atoms with Gasteiger partial charge in [-0.15, -0.1) is 0 Å². The Morgan fingerprint density at radius 3 is 2.56 bits per heavy atom. The number of hydrogen-bond acceptors (Lipinski definition) is 4. The Labute approximate surface area is 160 Å². The van der Waals surface area contributed by atoms with E-state index >= 15 is 0 Å². The van der Waals surface area contributed by atoms with E-state index in [1.807, 2.05) is 42.5 Å². The highest BCUT2D eigenvalue weighted by Crippen LogP contribution is 2.41. The number of amides is 1. The standard InChI is InChI=1S/C21H24N2O3S/c1-27(25,26)13-5-12-22-21(24)19-11-10-18(17-8-9-17)14-20(19)23-15-16-6-3-2-4-7-16/h2-7,10-11,13-14,17,23H,8-9,12,15H2,1H3,(H,22,24)/b13-5+. The summed E-state index contributed by atoms with van der Waals surface area (Å²) >= 11 is 0. The van der Waals surface area contributed by atoms with Gasteiger partial charge in [-0.1, -0.05) is 42.5 Å². The van der Waals surface area contributed by atoms with Crippen LogP contribution < -0.4 is 10.6 Å². The van der Waals surface area contributed by atoms with Crippen LogP contribution >= 0.6 is 0 Å². The molecule has 0 radical (unpaired) electrons. The van der Waals surface area contributed by atoms with Gasteiger partial charge in [0.1, 0.15) is 0 Å². The highest BCUT2D eigenvalue weighted by molar-refractivity contribution is 7.93. The van der Waals surface area contributed by atoms with E-state index in [1.165, 1.54) is 24.5 Å². The predicted octanol–water partition coefficient (Wildman–Crippen LogP) is 3.46. The topological polar surface area (TPSA) is 75.3 Å². The molecule has 1 fully saturated rings. The normalized spacial score (nSPS) is 14.3. The van der Waals surface area contributed by atoms with Crippen molar-refractivity contribution in [2.45, 2.75) is 25.3 Å². The third-order valence-electron chi connectivity index (χ3n) is 4.39. The number of anilines is 1. The summed E-state index contributed by atoms with van der Waals surface area (Å²) in [5.74, 6) is 0.364. The summed E-state index contributed by atoms with van der Waals surface area (Å²) < 4.78 is 22.2. The summed E-state index contributed by atoms with van der Waals surface area (Å²) in [6.45, 7) is 0.789. The zero-order chi connectivity index (χ0) is 19.3. The van der Waals surface area contributed by atoms with E-state index in [4.69, 9.17) is 0 Å². The molecule has 2 aromatic carbocycles. The Morgan fingerprint density at radius 2 is 1.89 bits per heavy atom. The molecule has 27 heavy (non-hydrogen) atoms. The zero-order valence-corrected chi connectivity index (χ0v) is 16.1. The lowest BCUT2D eigenvalue weighted by atomic mass is 10.0. The molecule has 0 atom stereocenters. The summed E-state index contributed by atoms with van der Waals surface area (Å²) in [4.78, 5) is 12.6. The fourth-order valence-electron chi connectivity index (χ4n) is 2.84. The largest absolute Gasteiger partial charge is 0.380 e. The van der Waals surface area contributed by atoms with Crippen LogP contribution in [-0.4, -0.2) is 27.1 Å². The van der Waals surface area contributed by atoms with Crippen LogP contribution in [0.3, 0.4) is 0 Å². The van der Waals surface area contributed by atoms with Gasteiger partial charge in [0.25, 0.3) is 5.91 Å². The summed E-state index contributed by atoms with van der Waals surface area (Å²) in [6, 6.07) is 15.9. The van der Waals surface area contributed by atoms with Crippen LogP contribution in [0.2, 0.25) is 0 Å². The van der Waals surface area contributed by atoms with Gasteiger partial charge in [-0.2, -0.15) is 0 Å². The van der Waals surface area contributed by atoms with Gasteiger partial charge in [0.2, 0.25) is 0 Å². The Kier molecular flexibility index (Phi) is 5.96. The second kappa shape index (κ2) is 8.39. The molecule has 2 aromatic rings. The molecule has 6 heteroatoms. The van der Waals surface area contributed by atoms with Crippen molar-refractivity contribution in [1.29, 1.82) is 0 Å². The first kappa shape index (κ1) is 19.2. The number of benzene rings is 2. The monoisotopic (exact) mass is 384 g/mol. The molecule has 0 aromatic heterocycles. The summed E-state index contributed by atoms with van der Waals surface area (Å²) in [5.41, 5.74) is 3.74. The third kappa shape index (κ3) is 5.96. The van der Waals surface area contributed by atoms with Crippen LogP contribution in [-0.2, 0) is 16.4 Å². The minimum absolute atomic E-state index is 0.161. The van der Waals surface area contributed by atoms with E-state index < -0.39 is 9.84 Å². The smallest absolute Gasteiger partial charge is 0.253 e. The lowest BCUT2D eigenvalue weighted by Gasteiger charge is -2.14. The molecule has 5 nitrogen and oxygen atoms in total. The van der Waals surface area contributed by atoms with Gasteiger partial charge >= 0.3 is 0 Å². The second-order valence-corrected chi connectivity index (χ2v) is 8.76. The van der Waals surface area contributed by atoms with E-state index in [2.05, 4.69) is 16.7 Å². The number of carbonyl (C=O) groups excluding carboxylic acids is 1. The number of nitrogens with one attached hydrogen (secondary N) is 2. The maximum absolute atomic E-state index is 12.6. The van der Waals surface area contributed by atoms with Crippen LogP contribution in [0.25, 0.3) is 0 Å². The summed E-state index contributed by atoms with van der Waals surface area (Å²) in [5, 5.41) is 7.21. The van der Waals surface area contributed by atoms with E-state index in [0.29, 0.717) is 18.0 Å². The van der Waals surface area contributed by atoms with Crippen molar-refractivity contribution < 1.29 is 13.2 Å².